The van der Waals surface area contributed by atoms with Crippen molar-refractivity contribution in [3.8, 4) is 0 Å². The highest BCUT2D eigenvalue weighted by Crippen LogP contribution is 2.70. The maximum atomic E-state index is 14.8. The van der Waals surface area contributed by atoms with Gasteiger partial charge < -0.3 is 4.74 Å². The fourth-order valence-electron chi connectivity index (χ4n) is 8.11. The third-order valence-corrected chi connectivity index (χ3v) is 12.5. The molecule has 47 heavy (non-hydrogen) atoms. The Morgan fingerprint density at radius 1 is 0.936 bits per heavy atom. The number of amides is 1. The van der Waals surface area contributed by atoms with E-state index in [1.54, 1.807) is 20.8 Å². The first kappa shape index (κ1) is 32.9. The fraction of sp³-hybridized carbons (Fsp3) is 0.410. The molecule has 7 nitrogen and oxygen atoms in total. The van der Waals surface area contributed by atoms with Crippen molar-refractivity contribution in [2.45, 2.75) is 71.9 Å². The summed E-state index contributed by atoms with van der Waals surface area (Å²) in [5.74, 6) is -1.85. The van der Waals surface area contributed by atoms with Crippen molar-refractivity contribution in [1.82, 2.24) is 4.31 Å². The number of carbonyl (C=O) groups is 2. The van der Waals surface area contributed by atoms with Crippen LogP contribution in [0.1, 0.15) is 70.6 Å². The van der Waals surface area contributed by atoms with Gasteiger partial charge in [-0.05, 0) is 69.4 Å². The van der Waals surface area contributed by atoms with Gasteiger partial charge in [0.15, 0.2) is 0 Å². The van der Waals surface area contributed by atoms with Crippen molar-refractivity contribution in [1.29, 1.82) is 0 Å². The Hall–Kier alpha value is -4.04. The van der Waals surface area contributed by atoms with Gasteiger partial charge in [0.2, 0.25) is 15.9 Å². The zero-order valence-corrected chi connectivity index (χ0v) is 28.7. The number of hydrogen-bond acceptors (Lipinski definition) is 6. The van der Waals surface area contributed by atoms with Gasteiger partial charge in [-0.15, -0.1) is 0 Å². The molecule has 3 fully saturated rings. The zero-order chi connectivity index (χ0) is 33.6. The maximum absolute atomic E-state index is 14.8. The smallest absolute Gasteiger partial charge is 0.357 e. The average Bonchev–Trinajstić information content (AvgIpc) is 3.51. The summed E-state index contributed by atoms with van der Waals surface area (Å²) in [4.78, 5) is 33.6. The van der Waals surface area contributed by atoms with E-state index in [9.17, 15) is 18.0 Å². The SMILES string of the molecule is CC(C)(C)OC(=O)/C(=C/[C@H](Cc1ccccc1)C(=O)N1[C@@H]2C[C@H]3CC[C@]2(CS1(=O)=O)C3(C)C)N=C(c1ccccc1)c1ccccc1. The summed E-state index contributed by atoms with van der Waals surface area (Å²) < 4.78 is 35.0. The second-order valence-electron chi connectivity index (χ2n) is 14.8. The Bertz CT molecular complexity index is 1770. The average molecular weight is 653 g/mol. The van der Waals surface area contributed by atoms with Gasteiger partial charge >= 0.3 is 5.97 Å². The molecule has 3 aliphatic rings. The molecule has 8 heteroatoms. The topological polar surface area (TPSA) is 93.1 Å². The highest BCUT2D eigenvalue weighted by molar-refractivity contribution is 7.90. The van der Waals surface area contributed by atoms with Crippen molar-refractivity contribution < 1.29 is 22.7 Å². The van der Waals surface area contributed by atoms with Gasteiger partial charge in [0, 0.05) is 16.5 Å². The quantitative estimate of drug-likeness (QED) is 0.149. The number of sulfonamides is 1. The Morgan fingerprint density at radius 3 is 2.02 bits per heavy atom. The van der Waals surface area contributed by atoms with E-state index in [2.05, 4.69) is 13.8 Å². The molecule has 6 rings (SSSR count). The van der Waals surface area contributed by atoms with Crippen LogP contribution in [0.3, 0.4) is 0 Å². The Labute approximate surface area is 278 Å². The summed E-state index contributed by atoms with van der Waals surface area (Å²) in [6.45, 7) is 9.67. The van der Waals surface area contributed by atoms with Crippen LogP contribution in [0, 0.1) is 22.7 Å². The lowest BCUT2D eigenvalue weighted by atomic mass is 9.69. The number of ether oxygens (including phenoxy) is 1. The van der Waals surface area contributed by atoms with Gasteiger partial charge in [0.1, 0.15) is 11.3 Å². The highest BCUT2D eigenvalue weighted by Gasteiger charge is 2.72. The van der Waals surface area contributed by atoms with Gasteiger partial charge in [-0.3, -0.25) is 4.79 Å². The van der Waals surface area contributed by atoms with Crippen LogP contribution < -0.4 is 0 Å². The molecule has 0 aromatic heterocycles. The Kier molecular flexibility index (Phi) is 8.54. The molecule has 1 spiro atoms. The van der Waals surface area contributed by atoms with E-state index in [0.717, 1.165) is 29.5 Å². The van der Waals surface area contributed by atoms with Crippen LogP contribution in [-0.4, -0.2) is 47.7 Å². The van der Waals surface area contributed by atoms with Crippen LogP contribution in [0.5, 0.6) is 0 Å². The third-order valence-electron chi connectivity index (χ3n) is 10.5. The van der Waals surface area contributed by atoms with Crippen molar-refractivity contribution >= 4 is 27.6 Å². The monoisotopic (exact) mass is 652 g/mol. The number of carbonyl (C=O) groups excluding carboxylic acids is 2. The minimum atomic E-state index is -3.89. The lowest BCUT2D eigenvalue weighted by Gasteiger charge is -2.37. The van der Waals surface area contributed by atoms with E-state index < -0.39 is 44.9 Å². The molecule has 2 saturated carbocycles. The van der Waals surface area contributed by atoms with E-state index in [-0.39, 0.29) is 23.3 Å². The van der Waals surface area contributed by atoms with E-state index in [4.69, 9.17) is 9.73 Å². The molecular weight excluding hydrogens is 609 g/mol. The molecule has 4 atom stereocenters. The van der Waals surface area contributed by atoms with Crippen molar-refractivity contribution in [2.75, 3.05) is 5.75 Å². The first-order chi connectivity index (χ1) is 22.2. The molecule has 1 aliphatic heterocycles. The van der Waals surface area contributed by atoms with Crippen molar-refractivity contribution in [3.05, 3.63) is 119 Å². The Morgan fingerprint density at radius 2 is 1.49 bits per heavy atom. The molecule has 0 N–H and O–H groups in total. The van der Waals surface area contributed by atoms with E-state index in [0.29, 0.717) is 18.1 Å². The number of aliphatic imine (C=N–C) groups is 1. The highest BCUT2D eigenvalue weighted by atomic mass is 32.2. The maximum Gasteiger partial charge on any atom is 0.357 e. The molecule has 1 saturated heterocycles. The van der Waals surface area contributed by atoms with E-state index >= 15 is 0 Å². The third kappa shape index (κ3) is 6.20. The number of rotatable bonds is 8. The Balaban J connectivity index is 1.50. The largest absolute Gasteiger partial charge is 0.455 e. The summed E-state index contributed by atoms with van der Waals surface area (Å²) in [5.41, 5.74) is 1.43. The lowest BCUT2D eigenvalue weighted by molar-refractivity contribution is -0.149. The summed E-state index contributed by atoms with van der Waals surface area (Å²) in [6, 6.07) is 28.2. The molecule has 0 radical (unpaired) electrons. The first-order valence-corrected chi connectivity index (χ1v) is 18.1. The van der Waals surface area contributed by atoms with Crippen molar-refractivity contribution in [2.24, 2.45) is 27.7 Å². The van der Waals surface area contributed by atoms with Gasteiger partial charge in [0.25, 0.3) is 0 Å². The second kappa shape index (κ2) is 12.2. The molecule has 1 heterocycles. The molecule has 246 valence electrons. The number of nitrogens with zero attached hydrogens (tertiary/aromatic N) is 2. The summed E-state index contributed by atoms with van der Waals surface area (Å²) in [6.07, 6.45) is 4.18. The van der Waals surface area contributed by atoms with Crippen LogP contribution >= 0.6 is 0 Å². The van der Waals surface area contributed by atoms with Gasteiger partial charge in [-0.25, -0.2) is 22.5 Å². The number of esters is 1. The minimum absolute atomic E-state index is 0.0229. The molecule has 3 aromatic rings. The van der Waals surface area contributed by atoms with Gasteiger partial charge in [-0.1, -0.05) is 105 Å². The number of hydrogen-bond donors (Lipinski definition) is 0. The van der Waals surface area contributed by atoms with Crippen LogP contribution in [-0.2, 0) is 30.8 Å². The lowest BCUT2D eigenvalue weighted by Crippen LogP contribution is -2.46. The molecular formula is C39H44N2O5S. The summed E-state index contributed by atoms with van der Waals surface area (Å²) in [7, 11) is -3.89. The van der Waals surface area contributed by atoms with Gasteiger partial charge in [0.05, 0.1) is 23.4 Å². The first-order valence-electron chi connectivity index (χ1n) is 16.5. The van der Waals surface area contributed by atoms with Crippen LogP contribution in [0.25, 0.3) is 0 Å². The standard InChI is InChI=1S/C39H44N2O5S/c1-37(2,3)46-36(43)32(40-34(28-17-11-7-12-18-28)29-19-13-8-14-20-29)24-30(23-27-15-9-6-10-16-27)35(42)41-33-25-31-21-22-39(33,38(31,4)5)26-47(41,44)45/h6-20,24,30-31,33H,21-23,25-26H2,1-5H3/b32-24-/t30-,31+,33+,39+/m0/s1. The zero-order valence-electron chi connectivity index (χ0n) is 27.8. The molecule has 2 bridgehead atoms. The van der Waals surface area contributed by atoms with Crippen LogP contribution in [0.15, 0.2) is 108 Å². The summed E-state index contributed by atoms with van der Waals surface area (Å²) in [5, 5.41) is 0. The number of benzene rings is 3. The molecule has 1 amide bonds. The second-order valence-corrected chi connectivity index (χ2v) is 16.6. The van der Waals surface area contributed by atoms with Crippen molar-refractivity contribution in [3.63, 3.8) is 0 Å². The predicted molar refractivity (Wildman–Crippen MR) is 184 cm³/mol. The minimum Gasteiger partial charge on any atom is -0.455 e. The molecule has 3 aromatic carbocycles. The van der Waals surface area contributed by atoms with E-state index in [1.165, 1.54) is 10.4 Å². The van der Waals surface area contributed by atoms with Crippen LogP contribution in [0.4, 0.5) is 0 Å². The van der Waals surface area contributed by atoms with Crippen LogP contribution in [0.2, 0.25) is 0 Å². The van der Waals surface area contributed by atoms with Gasteiger partial charge in [-0.2, -0.15) is 0 Å². The molecule has 0 unspecified atom stereocenters. The summed E-state index contributed by atoms with van der Waals surface area (Å²) >= 11 is 0. The number of fused-ring (bicyclic) bond motifs is 1. The normalized spacial score (nSPS) is 24.8. The fourth-order valence-corrected chi connectivity index (χ4v) is 10.7. The molecule has 2 aliphatic carbocycles. The van der Waals surface area contributed by atoms with E-state index in [1.807, 2.05) is 91.0 Å². The predicted octanol–water partition coefficient (Wildman–Crippen LogP) is 6.98.